The molecule has 1 rings (SSSR count). The summed E-state index contributed by atoms with van der Waals surface area (Å²) in [5.41, 5.74) is 10.8. The van der Waals surface area contributed by atoms with Crippen LogP contribution in [0, 0.1) is 5.92 Å². The van der Waals surface area contributed by atoms with Crippen LogP contribution < -0.4 is 11.5 Å². The summed E-state index contributed by atoms with van der Waals surface area (Å²) in [5.74, 6) is 0.143. The molecule has 0 bridgehead atoms. The number of nitrogens with two attached hydrogens (primary N) is 2. The summed E-state index contributed by atoms with van der Waals surface area (Å²) in [7, 11) is 0. The van der Waals surface area contributed by atoms with E-state index in [1.807, 2.05) is 9.80 Å². The number of nitrogens with zero attached hydrogens (tertiary/aromatic N) is 2. The van der Waals surface area contributed by atoms with Crippen molar-refractivity contribution in [3.8, 4) is 0 Å². The lowest BCUT2D eigenvalue weighted by molar-refractivity contribution is -0.132. The van der Waals surface area contributed by atoms with Gasteiger partial charge in [0, 0.05) is 32.6 Å². The Balaban J connectivity index is 2.43. The highest BCUT2D eigenvalue weighted by Gasteiger charge is 2.21. The quantitative estimate of drug-likeness (QED) is 0.673. The van der Waals surface area contributed by atoms with Crippen LogP contribution in [0.25, 0.3) is 0 Å². The molecule has 6 heteroatoms. The van der Waals surface area contributed by atoms with Gasteiger partial charge in [-0.15, -0.1) is 0 Å². The van der Waals surface area contributed by atoms with Crippen LogP contribution in [0.2, 0.25) is 0 Å². The van der Waals surface area contributed by atoms with Gasteiger partial charge in [-0.05, 0) is 18.9 Å². The molecule has 0 saturated carbocycles. The van der Waals surface area contributed by atoms with Gasteiger partial charge >= 0.3 is 0 Å². The van der Waals surface area contributed by atoms with Crippen molar-refractivity contribution < 1.29 is 9.59 Å². The predicted octanol–water partition coefficient (Wildman–Crippen LogP) is -0.619. The molecular formula is C13H26N4O2. The van der Waals surface area contributed by atoms with Crippen LogP contribution in [0.15, 0.2) is 0 Å². The number of rotatable bonds is 6. The number of amides is 2. The van der Waals surface area contributed by atoms with E-state index >= 15 is 0 Å². The largest absolute Gasteiger partial charge is 0.369 e. The molecule has 0 aromatic heterocycles. The van der Waals surface area contributed by atoms with E-state index in [-0.39, 0.29) is 24.3 Å². The van der Waals surface area contributed by atoms with E-state index in [1.54, 1.807) is 0 Å². The Morgan fingerprint density at radius 1 is 1.21 bits per heavy atom. The lowest BCUT2D eigenvalue weighted by atomic mass is 10.0. The summed E-state index contributed by atoms with van der Waals surface area (Å²) >= 11 is 0. The molecule has 1 unspecified atom stereocenters. The predicted molar refractivity (Wildman–Crippen MR) is 74.3 cm³/mol. The SMILES string of the molecule is CCC(CN)CC(=O)N1CCCN(CC(N)=O)CC1. The van der Waals surface area contributed by atoms with E-state index < -0.39 is 0 Å². The molecule has 1 atom stereocenters. The Morgan fingerprint density at radius 2 is 1.95 bits per heavy atom. The van der Waals surface area contributed by atoms with Crippen molar-refractivity contribution in [2.24, 2.45) is 17.4 Å². The number of hydrogen-bond acceptors (Lipinski definition) is 4. The molecule has 1 aliphatic heterocycles. The summed E-state index contributed by atoms with van der Waals surface area (Å²) < 4.78 is 0. The summed E-state index contributed by atoms with van der Waals surface area (Å²) in [6, 6.07) is 0. The Hall–Kier alpha value is -1.14. The molecule has 1 fully saturated rings. The third kappa shape index (κ3) is 5.57. The summed E-state index contributed by atoms with van der Waals surface area (Å²) in [4.78, 5) is 27.0. The molecule has 1 aliphatic rings. The van der Waals surface area contributed by atoms with Gasteiger partial charge in [-0.25, -0.2) is 0 Å². The molecular weight excluding hydrogens is 244 g/mol. The fraction of sp³-hybridized carbons (Fsp3) is 0.846. The van der Waals surface area contributed by atoms with Gasteiger partial charge in [0.1, 0.15) is 0 Å². The normalized spacial score (nSPS) is 18.9. The van der Waals surface area contributed by atoms with Gasteiger partial charge in [-0.1, -0.05) is 13.3 Å². The molecule has 6 nitrogen and oxygen atoms in total. The molecule has 0 spiro atoms. The Labute approximate surface area is 115 Å². The van der Waals surface area contributed by atoms with Crippen molar-refractivity contribution in [3.63, 3.8) is 0 Å². The zero-order valence-corrected chi connectivity index (χ0v) is 11.8. The van der Waals surface area contributed by atoms with E-state index in [2.05, 4.69) is 6.92 Å². The third-order valence-electron chi connectivity index (χ3n) is 3.69. The van der Waals surface area contributed by atoms with Crippen LogP contribution in [0.1, 0.15) is 26.2 Å². The van der Waals surface area contributed by atoms with E-state index in [0.717, 1.165) is 25.9 Å². The number of carbonyl (C=O) groups is 2. The van der Waals surface area contributed by atoms with Crippen molar-refractivity contribution in [1.29, 1.82) is 0 Å². The van der Waals surface area contributed by atoms with Crippen molar-refractivity contribution in [2.75, 3.05) is 39.3 Å². The maximum atomic E-state index is 12.2. The highest BCUT2D eigenvalue weighted by Crippen LogP contribution is 2.11. The fourth-order valence-corrected chi connectivity index (χ4v) is 2.37. The molecule has 110 valence electrons. The molecule has 1 saturated heterocycles. The monoisotopic (exact) mass is 270 g/mol. The number of carbonyl (C=O) groups excluding carboxylic acids is 2. The van der Waals surface area contributed by atoms with Gasteiger partial charge in [0.05, 0.1) is 6.54 Å². The minimum atomic E-state index is -0.311. The first-order valence-corrected chi connectivity index (χ1v) is 7.05. The maximum absolute atomic E-state index is 12.2. The average molecular weight is 270 g/mol. The summed E-state index contributed by atoms with van der Waals surface area (Å²) in [5, 5.41) is 0. The van der Waals surface area contributed by atoms with Gasteiger partial charge < -0.3 is 16.4 Å². The van der Waals surface area contributed by atoms with Crippen LogP contribution in [-0.4, -0.2) is 60.9 Å². The standard InChI is InChI=1S/C13H26N4O2/c1-2-11(9-14)8-13(19)17-5-3-4-16(6-7-17)10-12(15)18/h11H,2-10,14H2,1H3,(H2,15,18). The van der Waals surface area contributed by atoms with E-state index in [1.165, 1.54) is 0 Å². The van der Waals surface area contributed by atoms with Crippen molar-refractivity contribution in [2.45, 2.75) is 26.2 Å². The van der Waals surface area contributed by atoms with Gasteiger partial charge in [0.2, 0.25) is 11.8 Å². The molecule has 0 aromatic carbocycles. The van der Waals surface area contributed by atoms with Gasteiger partial charge in [-0.3, -0.25) is 14.5 Å². The van der Waals surface area contributed by atoms with Crippen LogP contribution in [0.4, 0.5) is 0 Å². The van der Waals surface area contributed by atoms with Gasteiger partial charge in [0.25, 0.3) is 0 Å². The van der Waals surface area contributed by atoms with Crippen LogP contribution in [0.5, 0.6) is 0 Å². The Morgan fingerprint density at radius 3 is 2.53 bits per heavy atom. The lowest BCUT2D eigenvalue weighted by Gasteiger charge is -2.23. The number of hydrogen-bond donors (Lipinski definition) is 2. The first kappa shape index (κ1) is 15.9. The maximum Gasteiger partial charge on any atom is 0.231 e. The topological polar surface area (TPSA) is 92.7 Å². The van der Waals surface area contributed by atoms with Crippen molar-refractivity contribution in [1.82, 2.24) is 9.80 Å². The number of primary amides is 1. The Kier molecular flexibility index (Phi) is 6.80. The van der Waals surface area contributed by atoms with Crippen molar-refractivity contribution >= 4 is 11.8 Å². The first-order chi connectivity index (χ1) is 9.06. The molecule has 0 aromatic rings. The van der Waals surface area contributed by atoms with Crippen LogP contribution >= 0.6 is 0 Å². The fourth-order valence-electron chi connectivity index (χ4n) is 2.37. The van der Waals surface area contributed by atoms with Gasteiger partial charge in [0.15, 0.2) is 0 Å². The lowest BCUT2D eigenvalue weighted by Crippen LogP contribution is -2.39. The minimum absolute atomic E-state index is 0.179. The van der Waals surface area contributed by atoms with E-state index in [0.29, 0.717) is 26.1 Å². The summed E-state index contributed by atoms with van der Waals surface area (Å²) in [6.45, 7) is 5.87. The zero-order valence-electron chi connectivity index (χ0n) is 11.8. The minimum Gasteiger partial charge on any atom is -0.369 e. The molecule has 0 aliphatic carbocycles. The average Bonchev–Trinajstić information content (AvgIpc) is 2.60. The third-order valence-corrected chi connectivity index (χ3v) is 3.69. The second kappa shape index (κ2) is 8.12. The molecule has 4 N–H and O–H groups in total. The highest BCUT2D eigenvalue weighted by atomic mass is 16.2. The zero-order chi connectivity index (χ0) is 14.3. The molecule has 1 heterocycles. The second-order valence-corrected chi connectivity index (χ2v) is 5.19. The highest BCUT2D eigenvalue weighted by molar-refractivity contribution is 5.77. The van der Waals surface area contributed by atoms with Crippen molar-refractivity contribution in [3.05, 3.63) is 0 Å². The molecule has 0 radical (unpaired) electrons. The second-order valence-electron chi connectivity index (χ2n) is 5.19. The van der Waals surface area contributed by atoms with Crippen LogP contribution in [-0.2, 0) is 9.59 Å². The van der Waals surface area contributed by atoms with Gasteiger partial charge in [-0.2, -0.15) is 0 Å². The molecule has 2 amide bonds. The van der Waals surface area contributed by atoms with Crippen LogP contribution in [0.3, 0.4) is 0 Å². The smallest absolute Gasteiger partial charge is 0.231 e. The van der Waals surface area contributed by atoms with E-state index in [9.17, 15) is 9.59 Å². The summed E-state index contributed by atoms with van der Waals surface area (Å²) in [6.07, 6.45) is 2.35. The first-order valence-electron chi connectivity index (χ1n) is 7.05. The Bertz CT molecular complexity index is 305. The van der Waals surface area contributed by atoms with E-state index in [4.69, 9.17) is 11.5 Å². The molecule has 19 heavy (non-hydrogen) atoms.